The first-order chi connectivity index (χ1) is 8.74. The third-order valence-corrected chi connectivity index (χ3v) is 2.52. The molecule has 6 heteroatoms. The summed E-state index contributed by atoms with van der Waals surface area (Å²) in [6.45, 7) is 0. The molecular formula is C12H14N4O2. The average molecular weight is 246 g/mol. The molecule has 1 atom stereocenters. The van der Waals surface area contributed by atoms with Gasteiger partial charge in [-0.2, -0.15) is 0 Å². The highest BCUT2D eigenvalue weighted by atomic mass is 16.5. The van der Waals surface area contributed by atoms with Crippen LogP contribution >= 0.6 is 0 Å². The van der Waals surface area contributed by atoms with E-state index in [1.807, 2.05) is 6.07 Å². The second-order valence-electron chi connectivity index (χ2n) is 3.62. The van der Waals surface area contributed by atoms with E-state index in [4.69, 9.17) is 15.2 Å². The highest BCUT2D eigenvalue weighted by Gasteiger charge is 2.12. The molecule has 0 saturated heterocycles. The number of ether oxygens (including phenoxy) is 2. The van der Waals surface area contributed by atoms with Gasteiger partial charge in [-0.3, -0.25) is 4.98 Å². The Hall–Kier alpha value is -2.21. The van der Waals surface area contributed by atoms with Crippen LogP contribution in [0.25, 0.3) is 0 Å². The topological polar surface area (TPSA) is 83.2 Å². The normalized spacial score (nSPS) is 11.9. The van der Waals surface area contributed by atoms with E-state index in [2.05, 4.69) is 15.0 Å². The zero-order chi connectivity index (χ0) is 13.0. The molecule has 2 aromatic heterocycles. The molecule has 0 amide bonds. The summed E-state index contributed by atoms with van der Waals surface area (Å²) in [5.74, 6) is 1.13. The zero-order valence-electron chi connectivity index (χ0n) is 10.2. The Balaban J connectivity index is 2.31. The van der Waals surface area contributed by atoms with Gasteiger partial charge in [0.15, 0.2) is 0 Å². The largest absolute Gasteiger partial charge is 0.495 e. The number of hydrogen-bond acceptors (Lipinski definition) is 6. The third kappa shape index (κ3) is 2.54. The standard InChI is InChI=1S/C12H14N4O2/c1-17-9-3-8(5-14-6-9)12(13)10-4-11(18-2)16-7-15-10/h3-7,12H,13H2,1-2H3. The smallest absolute Gasteiger partial charge is 0.216 e. The van der Waals surface area contributed by atoms with Gasteiger partial charge in [0.2, 0.25) is 5.88 Å². The van der Waals surface area contributed by atoms with Crippen LogP contribution in [0.15, 0.2) is 30.9 Å². The summed E-state index contributed by atoms with van der Waals surface area (Å²) >= 11 is 0. The average Bonchev–Trinajstić information content (AvgIpc) is 2.46. The summed E-state index contributed by atoms with van der Waals surface area (Å²) in [5.41, 5.74) is 7.60. The summed E-state index contributed by atoms with van der Waals surface area (Å²) in [6, 6.07) is 3.13. The molecule has 0 spiro atoms. The first-order valence-electron chi connectivity index (χ1n) is 5.35. The van der Waals surface area contributed by atoms with E-state index >= 15 is 0 Å². The van der Waals surface area contributed by atoms with E-state index < -0.39 is 6.04 Å². The molecule has 0 aromatic carbocycles. The molecule has 94 valence electrons. The lowest BCUT2D eigenvalue weighted by Gasteiger charge is -2.12. The monoisotopic (exact) mass is 246 g/mol. The quantitative estimate of drug-likeness (QED) is 0.864. The number of pyridine rings is 1. The summed E-state index contributed by atoms with van der Waals surface area (Å²) in [4.78, 5) is 12.1. The Labute approximate surface area is 105 Å². The number of nitrogens with zero attached hydrogens (tertiary/aromatic N) is 3. The number of aromatic nitrogens is 3. The molecule has 2 heterocycles. The molecule has 0 aliphatic heterocycles. The van der Waals surface area contributed by atoms with Gasteiger partial charge < -0.3 is 15.2 Å². The lowest BCUT2D eigenvalue weighted by Crippen LogP contribution is -2.14. The molecule has 0 aliphatic rings. The SMILES string of the molecule is COc1cncc(C(N)c2cc(OC)ncn2)c1. The fourth-order valence-electron chi connectivity index (χ4n) is 1.52. The van der Waals surface area contributed by atoms with Crippen molar-refractivity contribution in [2.24, 2.45) is 5.73 Å². The van der Waals surface area contributed by atoms with Crippen molar-refractivity contribution in [1.29, 1.82) is 0 Å². The maximum atomic E-state index is 6.12. The molecule has 2 N–H and O–H groups in total. The molecule has 1 unspecified atom stereocenters. The molecule has 0 bridgehead atoms. The van der Waals surface area contributed by atoms with Crippen LogP contribution in [-0.2, 0) is 0 Å². The van der Waals surface area contributed by atoms with E-state index in [1.165, 1.54) is 6.33 Å². The second-order valence-corrected chi connectivity index (χ2v) is 3.62. The molecule has 6 nitrogen and oxygen atoms in total. The predicted molar refractivity (Wildman–Crippen MR) is 65.4 cm³/mol. The molecule has 0 fully saturated rings. The van der Waals surface area contributed by atoms with Gasteiger partial charge in [-0.15, -0.1) is 0 Å². The van der Waals surface area contributed by atoms with Gasteiger partial charge in [0.25, 0.3) is 0 Å². The lowest BCUT2D eigenvalue weighted by molar-refractivity contribution is 0.395. The van der Waals surface area contributed by atoms with E-state index in [9.17, 15) is 0 Å². The van der Waals surface area contributed by atoms with Crippen molar-refractivity contribution in [2.75, 3.05) is 14.2 Å². The Morgan fingerprint density at radius 2 is 1.94 bits per heavy atom. The molecule has 0 radical (unpaired) electrons. The first kappa shape index (κ1) is 12.3. The molecule has 0 aliphatic carbocycles. The van der Waals surface area contributed by atoms with Crippen LogP contribution in [0.3, 0.4) is 0 Å². The highest BCUT2D eigenvalue weighted by molar-refractivity contribution is 5.31. The third-order valence-electron chi connectivity index (χ3n) is 2.52. The summed E-state index contributed by atoms with van der Waals surface area (Å²) in [5, 5.41) is 0. The predicted octanol–water partition coefficient (Wildman–Crippen LogP) is 0.937. The van der Waals surface area contributed by atoms with Crippen molar-refractivity contribution in [3.8, 4) is 11.6 Å². The molecule has 2 rings (SSSR count). The Morgan fingerprint density at radius 1 is 1.11 bits per heavy atom. The van der Waals surface area contributed by atoms with Crippen LogP contribution in [0.1, 0.15) is 17.3 Å². The minimum absolute atomic E-state index is 0.399. The van der Waals surface area contributed by atoms with Crippen LogP contribution in [-0.4, -0.2) is 29.2 Å². The van der Waals surface area contributed by atoms with Crippen LogP contribution in [0.5, 0.6) is 11.6 Å². The maximum Gasteiger partial charge on any atom is 0.216 e. The molecule has 2 aromatic rings. The number of nitrogens with two attached hydrogens (primary N) is 1. The van der Waals surface area contributed by atoms with Gasteiger partial charge in [0.1, 0.15) is 12.1 Å². The van der Waals surface area contributed by atoms with Gasteiger partial charge in [-0.1, -0.05) is 0 Å². The fourth-order valence-corrected chi connectivity index (χ4v) is 1.52. The molecule has 18 heavy (non-hydrogen) atoms. The molecular weight excluding hydrogens is 232 g/mol. The van der Waals surface area contributed by atoms with Crippen LogP contribution < -0.4 is 15.2 Å². The van der Waals surface area contributed by atoms with Crippen molar-refractivity contribution < 1.29 is 9.47 Å². The number of rotatable bonds is 4. The fraction of sp³-hybridized carbons (Fsp3) is 0.250. The lowest BCUT2D eigenvalue weighted by atomic mass is 10.1. The number of methoxy groups -OCH3 is 2. The van der Waals surface area contributed by atoms with Crippen LogP contribution in [0.2, 0.25) is 0 Å². The molecule has 0 saturated carbocycles. The Bertz CT molecular complexity index is 485. The van der Waals surface area contributed by atoms with Crippen molar-refractivity contribution in [1.82, 2.24) is 15.0 Å². The van der Waals surface area contributed by atoms with Crippen molar-refractivity contribution >= 4 is 0 Å². The zero-order valence-corrected chi connectivity index (χ0v) is 10.2. The van der Waals surface area contributed by atoms with Gasteiger partial charge in [-0.25, -0.2) is 9.97 Å². The minimum Gasteiger partial charge on any atom is -0.495 e. The van der Waals surface area contributed by atoms with Gasteiger partial charge >= 0.3 is 0 Å². The number of hydrogen-bond donors (Lipinski definition) is 1. The van der Waals surface area contributed by atoms with Crippen LogP contribution in [0, 0.1) is 0 Å². The van der Waals surface area contributed by atoms with E-state index in [0.717, 1.165) is 5.56 Å². The second kappa shape index (κ2) is 5.42. The van der Waals surface area contributed by atoms with E-state index in [-0.39, 0.29) is 0 Å². The Morgan fingerprint density at radius 3 is 2.67 bits per heavy atom. The minimum atomic E-state index is -0.399. The summed E-state index contributed by atoms with van der Waals surface area (Å²) < 4.78 is 10.1. The van der Waals surface area contributed by atoms with Crippen molar-refractivity contribution in [3.05, 3.63) is 42.1 Å². The van der Waals surface area contributed by atoms with Crippen molar-refractivity contribution in [3.63, 3.8) is 0 Å². The first-order valence-corrected chi connectivity index (χ1v) is 5.35. The van der Waals surface area contributed by atoms with Gasteiger partial charge in [0, 0.05) is 12.3 Å². The van der Waals surface area contributed by atoms with Crippen LogP contribution in [0.4, 0.5) is 0 Å². The summed E-state index contributed by atoms with van der Waals surface area (Å²) in [7, 11) is 3.13. The van der Waals surface area contributed by atoms with E-state index in [0.29, 0.717) is 17.3 Å². The van der Waals surface area contributed by atoms with Crippen molar-refractivity contribution in [2.45, 2.75) is 6.04 Å². The maximum absolute atomic E-state index is 6.12. The van der Waals surface area contributed by atoms with E-state index in [1.54, 1.807) is 32.7 Å². The Kier molecular flexibility index (Phi) is 3.69. The van der Waals surface area contributed by atoms with Gasteiger partial charge in [-0.05, 0) is 11.6 Å². The highest BCUT2D eigenvalue weighted by Crippen LogP contribution is 2.21. The summed E-state index contributed by atoms with van der Waals surface area (Å²) in [6.07, 6.45) is 4.72. The van der Waals surface area contributed by atoms with Gasteiger partial charge in [0.05, 0.1) is 32.2 Å².